The van der Waals surface area contributed by atoms with Gasteiger partial charge in [-0.1, -0.05) is 29.8 Å². The van der Waals surface area contributed by atoms with E-state index in [2.05, 4.69) is 0 Å². The van der Waals surface area contributed by atoms with Gasteiger partial charge in [0.2, 0.25) is 11.8 Å². The van der Waals surface area contributed by atoms with Gasteiger partial charge < -0.3 is 9.80 Å². The van der Waals surface area contributed by atoms with Gasteiger partial charge in [0, 0.05) is 29.9 Å². The maximum atomic E-state index is 12.7. The summed E-state index contributed by atoms with van der Waals surface area (Å²) in [6, 6.07) is 14.8. The largest absolute Gasteiger partial charge is 0.310 e. The van der Waals surface area contributed by atoms with Crippen LogP contribution in [0.5, 0.6) is 0 Å². The SMILES string of the molecule is CC(=O)N(CC(=O)N1CCc2ccccc21)c1ccc(Cl)cc1. The Hall–Kier alpha value is -2.33. The van der Waals surface area contributed by atoms with Crippen LogP contribution >= 0.6 is 11.6 Å². The Balaban J connectivity index is 1.80. The number of anilines is 2. The summed E-state index contributed by atoms with van der Waals surface area (Å²) in [6.07, 6.45) is 0.850. The van der Waals surface area contributed by atoms with E-state index in [9.17, 15) is 9.59 Å². The summed E-state index contributed by atoms with van der Waals surface area (Å²) in [5, 5.41) is 0.594. The lowest BCUT2D eigenvalue weighted by Gasteiger charge is -2.24. The lowest BCUT2D eigenvalue weighted by Crippen LogP contribution is -2.41. The Morgan fingerprint density at radius 1 is 1.13 bits per heavy atom. The van der Waals surface area contributed by atoms with Crippen LogP contribution in [-0.2, 0) is 16.0 Å². The maximum Gasteiger partial charge on any atom is 0.247 e. The molecule has 3 rings (SSSR count). The minimum atomic E-state index is -0.173. The fraction of sp³-hybridized carbons (Fsp3) is 0.222. The van der Waals surface area contributed by atoms with E-state index < -0.39 is 0 Å². The summed E-state index contributed by atoms with van der Waals surface area (Å²) >= 11 is 5.88. The van der Waals surface area contributed by atoms with Crippen molar-refractivity contribution in [2.75, 3.05) is 22.9 Å². The van der Waals surface area contributed by atoms with Gasteiger partial charge >= 0.3 is 0 Å². The first kappa shape index (κ1) is 15.6. The van der Waals surface area contributed by atoms with E-state index in [-0.39, 0.29) is 18.4 Å². The van der Waals surface area contributed by atoms with E-state index in [1.165, 1.54) is 17.4 Å². The Labute approximate surface area is 140 Å². The fourth-order valence-corrected chi connectivity index (χ4v) is 2.95. The molecule has 5 heteroatoms. The molecule has 0 bridgehead atoms. The van der Waals surface area contributed by atoms with Gasteiger partial charge in [0.25, 0.3) is 0 Å². The molecule has 0 atom stereocenters. The number of halogens is 1. The molecule has 0 saturated carbocycles. The second-order valence-electron chi connectivity index (χ2n) is 5.51. The molecule has 2 aromatic carbocycles. The molecule has 0 fully saturated rings. The second kappa shape index (κ2) is 6.42. The van der Waals surface area contributed by atoms with Crippen LogP contribution in [0.4, 0.5) is 11.4 Å². The summed E-state index contributed by atoms with van der Waals surface area (Å²) in [4.78, 5) is 27.8. The topological polar surface area (TPSA) is 40.6 Å². The number of rotatable bonds is 3. The van der Waals surface area contributed by atoms with Crippen LogP contribution in [0.15, 0.2) is 48.5 Å². The van der Waals surface area contributed by atoms with Crippen LogP contribution in [0.1, 0.15) is 12.5 Å². The van der Waals surface area contributed by atoms with E-state index in [0.717, 1.165) is 12.1 Å². The van der Waals surface area contributed by atoms with Gasteiger partial charge in [-0.2, -0.15) is 0 Å². The zero-order valence-electron chi connectivity index (χ0n) is 12.8. The summed E-state index contributed by atoms with van der Waals surface area (Å²) in [7, 11) is 0. The average molecular weight is 329 g/mol. The first-order valence-corrected chi connectivity index (χ1v) is 7.86. The molecule has 0 radical (unpaired) electrons. The number of carbonyl (C=O) groups is 2. The van der Waals surface area contributed by atoms with E-state index in [1.54, 1.807) is 29.2 Å². The van der Waals surface area contributed by atoms with Crippen LogP contribution in [0, 0.1) is 0 Å². The van der Waals surface area contributed by atoms with Crippen LogP contribution in [0.3, 0.4) is 0 Å². The summed E-state index contributed by atoms with van der Waals surface area (Å²) in [6.45, 7) is 2.13. The quantitative estimate of drug-likeness (QED) is 0.867. The van der Waals surface area contributed by atoms with Gasteiger partial charge in [-0.15, -0.1) is 0 Å². The molecule has 0 spiro atoms. The number of benzene rings is 2. The number of fused-ring (bicyclic) bond motifs is 1. The van der Waals surface area contributed by atoms with Gasteiger partial charge in [-0.25, -0.2) is 0 Å². The molecule has 0 aromatic heterocycles. The number of amides is 2. The molecule has 0 unspecified atom stereocenters. The minimum Gasteiger partial charge on any atom is -0.310 e. The molecule has 0 aliphatic carbocycles. The predicted octanol–water partition coefficient (Wildman–Crippen LogP) is 3.28. The Bertz CT molecular complexity index is 743. The highest BCUT2D eigenvalue weighted by atomic mass is 35.5. The number of nitrogens with zero attached hydrogens (tertiary/aromatic N) is 2. The molecule has 2 amide bonds. The molecule has 2 aromatic rings. The molecule has 0 N–H and O–H groups in total. The van der Waals surface area contributed by atoms with Crippen molar-refractivity contribution < 1.29 is 9.59 Å². The van der Waals surface area contributed by atoms with Crippen molar-refractivity contribution in [3.8, 4) is 0 Å². The summed E-state index contributed by atoms with van der Waals surface area (Å²) in [5.74, 6) is -0.256. The molecular weight excluding hydrogens is 312 g/mol. The highest BCUT2D eigenvalue weighted by Gasteiger charge is 2.26. The van der Waals surface area contributed by atoms with Crippen LogP contribution in [0.2, 0.25) is 5.02 Å². The Morgan fingerprint density at radius 2 is 1.83 bits per heavy atom. The normalized spacial score (nSPS) is 12.9. The minimum absolute atomic E-state index is 0.0191. The number of hydrogen-bond donors (Lipinski definition) is 0. The molecule has 4 nitrogen and oxygen atoms in total. The van der Waals surface area contributed by atoms with Crippen molar-refractivity contribution in [3.05, 3.63) is 59.1 Å². The molecule has 1 heterocycles. The van der Waals surface area contributed by atoms with Crippen LogP contribution in [-0.4, -0.2) is 24.9 Å². The predicted molar refractivity (Wildman–Crippen MR) is 92.0 cm³/mol. The van der Waals surface area contributed by atoms with E-state index in [4.69, 9.17) is 11.6 Å². The lowest BCUT2D eigenvalue weighted by atomic mass is 10.2. The van der Waals surface area contributed by atoms with Crippen molar-refractivity contribution in [3.63, 3.8) is 0 Å². The zero-order chi connectivity index (χ0) is 16.4. The van der Waals surface area contributed by atoms with Gasteiger partial charge in [0.05, 0.1) is 0 Å². The van der Waals surface area contributed by atoms with Crippen molar-refractivity contribution in [2.24, 2.45) is 0 Å². The van der Waals surface area contributed by atoms with Crippen molar-refractivity contribution in [2.45, 2.75) is 13.3 Å². The molecule has 0 saturated heterocycles. The van der Waals surface area contributed by atoms with Crippen molar-refractivity contribution >= 4 is 34.8 Å². The third-order valence-electron chi connectivity index (χ3n) is 4.00. The third kappa shape index (κ3) is 3.22. The molecule has 1 aliphatic heterocycles. The number of carbonyl (C=O) groups excluding carboxylic acids is 2. The van der Waals surface area contributed by atoms with Crippen LogP contribution < -0.4 is 9.80 Å². The van der Waals surface area contributed by atoms with Gasteiger partial charge in [0.1, 0.15) is 6.54 Å². The fourth-order valence-electron chi connectivity index (χ4n) is 2.82. The molecule has 118 valence electrons. The van der Waals surface area contributed by atoms with E-state index >= 15 is 0 Å². The van der Waals surface area contributed by atoms with E-state index in [1.807, 2.05) is 24.3 Å². The lowest BCUT2D eigenvalue weighted by molar-refractivity contribution is -0.121. The van der Waals surface area contributed by atoms with Gasteiger partial charge in [0.15, 0.2) is 0 Å². The molecule has 1 aliphatic rings. The van der Waals surface area contributed by atoms with Crippen LogP contribution in [0.25, 0.3) is 0 Å². The first-order chi connectivity index (χ1) is 11.1. The average Bonchev–Trinajstić information content (AvgIpc) is 2.97. The van der Waals surface area contributed by atoms with Gasteiger partial charge in [-0.3, -0.25) is 9.59 Å². The van der Waals surface area contributed by atoms with E-state index in [0.29, 0.717) is 17.3 Å². The number of hydrogen-bond acceptors (Lipinski definition) is 2. The Morgan fingerprint density at radius 3 is 2.52 bits per heavy atom. The van der Waals surface area contributed by atoms with Crippen molar-refractivity contribution in [1.29, 1.82) is 0 Å². The standard InChI is InChI=1S/C18H17ClN2O2/c1-13(22)21(16-8-6-15(19)7-9-16)12-18(23)20-11-10-14-4-2-3-5-17(14)20/h2-9H,10-12H2,1H3. The van der Waals surface area contributed by atoms with Gasteiger partial charge in [-0.05, 0) is 42.3 Å². The highest BCUT2D eigenvalue weighted by molar-refractivity contribution is 6.30. The first-order valence-electron chi connectivity index (χ1n) is 7.48. The number of para-hydroxylation sites is 1. The molecular formula is C18H17ClN2O2. The monoisotopic (exact) mass is 328 g/mol. The smallest absolute Gasteiger partial charge is 0.247 e. The second-order valence-corrected chi connectivity index (χ2v) is 5.94. The summed E-state index contributed by atoms with van der Waals surface area (Å²) in [5.41, 5.74) is 2.78. The molecule has 23 heavy (non-hydrogen) atoms. The maximum absolute atomic E-state index is 12.7. The Kier molecular flexibility index (Phi) is 4.35. The van der Waals surface area contributed by atoms with Crippen molar-refractivity contribution in [1.82, 2.24) is 0 Å². The zero-order valence-corrected chi connectivity index (χ0v) is 13.6. The summed E-state index contributed by atoms with van der Waals surface area (Å²) < 4.78 is 0. The highest BCUT2D eigenvalue weighted by Crippen LogP contribution is 2.28. The third-order valence-corrected chi connectivity index (χ3v) is 4.25.